The zero-order valence-electron chi connectivity index (χ0n) is 16.2. The van der Waals surface area contributed by atoms with Crippen molar-refractivity contribution >= 4 is 23.6 Å². The van der Waals surface area contributed by atoms with Crippen molar-refractivity contribution in [1.82, 2.24) is 10.6 Å². The van der Waals surface area contributed by atoms with Crippen LogP contribution >= 0.6 is 0 Å². The van der Waals surface area contributed by atoms with Gasteiger partial charge in [-0.15, -0.1) is 0 Å². The van der Waals surface area contributed by atoms with Crippen LogP contribution in [0.2, 0.25) is 0 Å². The van der Waals surface area contributed by atoms with Gasteiger partial charge in [-0.3, -0.25) is 14.4 Å². The fraction of sp³-hybridized carbons (Fsp3) is 0.182. The lowest BCUT2D eigenvalue weighted by Crippen LogP contribution is -2.52. The number of carbonyl (C=O) groups is 4. The van der Waals surface area contributed by atoms with Crippen LogP contribution in [0.3, 0.4) is 0 Å². The van der Waals surface area contributed by atoms with Crippen LogP contribution in [0.5, 0.6) is 5.75 Å². The van der Waals surface area contributed by atoms with Gasteiger partial charge in [-0.25, -0.2) is 4.79 Å². The highest BCUT2D eigenvalue weighted by Gasteiger charge is 2.20. The van der Waals surface area contributed by atoms with E-state index in [4.69, 9.17) is 9.84 Å². The van der Waals surface area contributed by atoms with Crippen LogP contribution in [0.1, 0.15) is 28.8 Å². The predicted octanol–water partition coefficient (Wildman–Crippen LogP) is 1.91. The molecule has 2 aromatic rings. The maximum Gasteiger partial charge on any atom is 0.347 e. The molecule has 156 valence electrons. The molecule has 2 aromatic carbocycles. The molecule has 30 heavy (non-hydrogen) atoms. The third-order valence-corrected chi connectivity index (χ3v) is 3.99. The molecule has 8 nitrogen and oxygen atoms in total. The van der Waals surface area contributed by atoms with Gasteiger partial charge in [0.15, 0.2) is 5.78 Å². The number of rotatable bonds is 11. The summed E-state index contributed by atoms with van der Waals surface area (Å²) in [4.78, 5) is 46.4. The van der Waals surface area contributed by atoms with E-state index in [1.54, 1.807) is 48.5 Å². The zero-order valence-corrected chi connectivity index (χ0v) is 16.2. The maximum atomic E-state index is 12.4. The molecule has 8 heteroatoms. The molecule has 0 aromatic heterocycles. The van der Waals surface area contributed by atoms with Crippen LogP contribution in [0.25, 0.3) is 0 Å². The van der Waals surface area contributed by atoms with Gasteiger partial charge in [-0.05, 0) is 36.8 Å². The third kappa shape index (κ3) is 6.90. The van der Waals surface area contributed by atoms with Crippen molar-refractivity contribution in [3.63, 3.8) is 0 Å². The third-order valence-electron chi connectivity index (χ3n) is 3.99. The van der Waals surface area contributed by atoms with Gasteiger partial charge in [0.05, 0.1) is 6.61 Å². The first kappa shape index (κ1) is 22.4. The number of nitrogens with one attached hydrogen (secondary N) is 2. The van der Waals surface area contributed by atoms with Gasteiger partial charge in [0, 0.05) is 17.5 Å². The molecule has 0 aliphatic carbocycles. The van der Waals surface area contributed by atoms with Crippen LogP contribution in [0.15, 0.2) is 67.3 Å². The van der Waals surface area contributed by atoms with Crippen molar-refractivity contribution in [3.05, 3.63) is 78.4 Å². The van der Waals surface area contributed by atoms with Crippen molar-refractivity contribution in [2.75, 3.05) is 6.61 Å². The van der Waals surface area contributed by atoms with Crippen molar-refractivity contribution in [2.24, 2.45) is 0 Å². The highest BCUT2D eigenvalue weighted by atomic mass is 16.5. The van der Waals surface area contributed by atoms with E-state index in [0.717, 1.165) is 6.08 Å². The second-order valence-electron chi connectivity index (χ2n) is 6.22. The quantitative estimate of drug-likeness (QED) is 0.225. The highest BCUT2D eigenvalue weighted by molar-refractivity contribution is 6.09. The minimum absolute atomic E-state index is 0.0122. The molecule has 0 radical (unpaired) electrons. The summed E-state index contributed by atoms with van der Waals surface area (Å²) < 4.78 is 5.54. The normalized spacial score (nSPS) is 11.1. The first-order valence-electron chi connectivity index (χ1n) is 9.18. The topological polar surface area (TPSA) is 122 Å². The molecule has 0 spiro atoms. The average Bonchev–Trinajstić information content (AvgIpc) is 2.76. The summed E-state index contributed by atoms with van der Waals surface area (Å²) in [6.07, 6.45) is -0.274. The van der Waals surface area contributed by atoms with E-state index in [1.165, 1.54) is 0 Å². The number of hydrogen-bond donors (Lipinski definition) is 3. The number of ether oxygens (including phenoxy) is 1. The summed E-state index contributed by atoms with van der Waals surface area (Å²) in [6.45, 7) is 3.44. The molecule has 0 aliphatic rings. The van der Waals surface area contributed by atoms with E-state index >= 15 is 0 Å². The molecule has 0 bridgehead atoms. The van der Waals surface area contributed by atoms with Gasteiger partial charge in [0.25, 0.3) is 0 Å². The fourth-order valence-corrected chi connectivity index (χ4v) is 2.48. The van der Waals surface area contributed by atoms with Crippen LogP contribution in [-0.4, -0.2) is 41.4 Å². The van der Waals surface area contributed by atoms with E-state index in [-0.39, 0.29) is 18.8 Å². The van der Waals surface area contributed by atoms with Gasteiger partial charge in [-0.2, -0.15) is 0 Å². The molecule has 0 saturated carbocycles. The van der Waals surface area contributed by atoms with Gasteiger partial charge in [0.2, 0.25) is 18.0 Å². The molecule has 3 N–H and O–H groups in total. The lowest BCUT2D eigenvalue weighted by Gasteiger charge is -2.15. The number of carboxylic acids is 1. The summed E-state index contributed by atoms with van der Waals surface area (Å²) in [5.41, 5.74) is 1.13. The first-order chi connectivity index (χ1) is 14.4. The summed E-state index contributed by atoms with van der Waals surface area (Å²) >= 11 is 0. The summed E-state index contributed by atoms with van der Waals surface area (Å²) in [5.74, 6) is -2.18. The van der Waals surface area contributed by atoms with E-state index in [2.05, 4.69) is 17.2 Å². The Balaban J connectivity index is 1.76. The van der Waals surface area contributed by atoms with E-state index in [1.807, 2.05) is 6.07 Å². The Labute approximate surface area is 173 Å². The zero-order chi connectivity index (χ0) is 21.9. The van der Waals surface area contributed by atoms with Gasteiger partial charge >= 0.3 is 5.97 Å². The molecular weight excluding hydrogens is 388 g/mol. The van der Waals surface area contributed by atoms with Crippen LogP contribution < -0.4 is 15.4 Å². The van der Waals surface area contributed by atoms with Crippen molar-refractivity contribution < 1.29 is 29.0 Å². The summed E-state index contributed by atoms with van der Waals surface area (Å²) in [7, 11) is 0. The number of amides is 2. The van der Waals surface area contributed by atoms with Gasteiger partial charge in [0.1, 0.15) is 5.75 Å². The molecule has 0 saturated heterocycles. The molecule has 0 heterocycles. The van der Waals surface area contributed by atoms with E-state index in [0.29, 0.717) is 23.3 Å². The standard InChI is InChI=1S/C22H22N2O6/c1-2-18(25)23-21(22(28)29)24-19(26)9-6-14-30-17-12-10-16(11-13-17)20(27)15-7-4-3-5-8-15/h2-5,7-8,10-13,21H,1,6,9,14H2,(H,23,25)(H,24,26)(H,28,29). The SMILES string of the molecule is C=CC(=O)NC(NC(=O)CCCOc1ccc(C(=O)c2ccccc2)cc1)C(=O)O. The highest BCUT2D eigenvalue weighted by Crippen LogP contribution is 2.15. The number of hydrogen-bond acceptors (Lipinski definition) is 5. The maximum absolute atomic E-state index is 12.4. The van der Waals surface area contributed by atoms with Gasteiger partial charge < -0.3 is 20.5 Å². The Bertz CT molecular complexity index is 909. The smallest absolute Gasteiger partial charge is 0.347 e. The molecule has 1 unspecified atom stereocenters. The summed E-state index contributed by atoms with van der Waals surface area (Å²) in [6, 6.07) is 15.6. The molecule has 0 fully saturated rings. The first-order valence-corrected chi connectivity index (χ1v) is 9.18. The second-order valence-corrected chi connectivity index (χ2v) is 6.22. The molecule has 2 amide bonds. The Kier molecular flexibility index (Phi) is 8.31. The summed E-state index contributed by atoms with van der Waals surface area (Å²) in [5, 5.41) is 13.3. The largest absolute Gasteiger partial charge is 0.494 e. The number of carbonyl (C=O) groups excluding carboxylic acids is 3. The minimum atomic E-state index is -1.53. The van der Waals surface area contributed by atoms with Crippen molar-refractivity contribution in [2.45, 2.75) is 19.0 Å². The molecule has 1 atom stereocenters. The minimum Gasteiger partial charge on any atom is -0.494 e. The van der Waals surface area contributed by atoms with Gasteiger partial charge in [-0.1, -0.05) is 36.9 Å². The predicted molar refractivity (Wildman–Crippen MR) is 109 cm³/mol. The lowest BCUT2D eigenvalue weighted by atomic mass is 10.0. The van der Waals surface area contributed by atoms with Crippen LogP contribution in [0, 0.1) is 0 Å². The Hall–Kier alpha value is -3.94. The monoisotopic (exact) mass is 410 g/mol. The Morgan fingerprint density at radius 1 is 0.967 bits per heavy atom. The molecule has 0 aliphatic heterocycles. The Morgan fingerprint density at radius 2 is 1.60 bits per heavy atom. The molecule has 2 rings (SSSR count). The average molecular weight is 410 g/mol. The van der Waals surface area contributed by atoms with Crippen molar-refractivity contribution in [3.8, 4) is 5.75 Å². The van der Waals surface area contributed by atoms with Crippen molar-refractivity contribution in [1.29, 1.82) is 0 Å². The van der Waals surface area contributed by atoms with E-state index < -0.39 is 23.9 Å². The lowest BCUT2D eigenvalue weighted by molar-refractivity contribution is -0.144. The molecular formula is C22H22N2O6. The number of benzene rings is 2. The van der Waals surface area contributed by atoms with Crippen LogP contribution in [0.4, 0.5) is 0 Å². The van der Waals surface area contributed by atoms with Crippen LogP contribution in [-0.2, 0) is 14.4 Å². The number of aliphatic carboxylic acids is 1. The van der Waals surface area contributed by atoms with E-state index in [9.17, 15) is 19.2 Å². The second kappa shape index (κ2) is 11.2. The Morgan fingerprint density at radius 3 is 2.20 bits per heavy atom. The number of ketones is 1. The fourth-order valence-electron chi connectivity index (χ4n) is 2.48. The number of carboxylic acid groups (broad SMARTS) is 1.